The second-order valence-electron chi connectivity index (χ2n) is 8.09. The smallest absolute Gasteiger partial charge is 0.163 e. The van der Waals surface area contributed by atoms with E-state index in [4.69, 9.17) is 15.0 Å². The molecule has 0 aliphatic carbocycles. The van der Waals surface area contributed by atoms with E-state index >= 15 is 0 Å². The van der Waals surface area contributed by atoms with Gasteiger partial charge < -0.3 is 0 Å². The van der Waals surface area contributed by atoms with Crippen LogP contribution in [0.25, 0.3) is 45.3 Å². The summed E-state index contributed by atoms with van der Waals surface area (Å²) in [4.78, 5) is 23.4. The summed E-state index contributed by atoms with van der Waals surface area (Å²) in [5.74, 6) is 2.25. The number of hydrogen-bond acceptors (Lipinski definition) is 5. The fraction of sp³-hybridized carbons (Fsp3) is 0.107. The van der Waals surface area contributed by atoms with Gasteiger partial charge in [0.05, 0.1) is 11.4 Å². The second kappa shape index (κ2) is 9.09. The lowest BCUT2D eigenvalue weighted by Gasteiger charge is -2.11. The Balaban J connectivity index is 1.60. The predicted molar refractivity (Wildman–Crippen MR) is 131 cm³/mol. The molecule has 0 bridgehead atoms. The van der Waals surface area contributed by atoms with Crippen LogP contribution < -0.4 is 0 Å². The minimum atomic E-state index is 0.170. The largest absolute Gasteiger partial charge is 0.256 e. The lowest BCUT2D eigenvalue weighted by molar-refractivity contribution is 0.766. The molecule has 0 atom stereocenters. The molecule has 5 heteroatoms. The molecule has 0 saturated carbocycles. The molecule has 0 N–H and O–H groups in total. The summed E-state index contributed by atoms with van der Waals surface area (Å²) in [5.41, 5.74) is 5.76. The van der Waals surface area contributed by atoms with Crippen molar-refractivity contribution in [1.29, 1.82) is 0 Å². The lowest BCUT2D eigenvalue weighted by atomic mass is 10.1. The summed E-state index contributed by atoms with van der Waals surface area (Å²) in [6, 6.07) is 28.1. The van der Waals surface area contributed by atoms with Gasteiger partial charge in [0.15, 0.2) is 11.6 Å². The first kappa shape index (κ1) is 20.6. The van der Waals surface area contributed by atoms with Crippen molar-refractivity contribution in [2.45, 2.75) is 19.8 Å². The molecule has 2 aromatic carbocycles. The van der Waals surface area contributed by atoms with Gasteiger partial charge in [0, 0.05) is 40.6 Å². The Labute approximate surface area is 193 Å². The van der Waals surface area contributed by atoms with Crippen molar-refractivity contribution in [3.8, 4) is 45.3 Å². The molecular weight excluding hydrogens is 406 g/mol. The molecule has 0 aliphatic heterocycles. The maximum Gasteiger partial charge on any atom is 0.163 e. The molecule has 0 saturated heterocycles. The van der Waals surface area contributed by atoms with Gasteiger partial charge in [-0.2, -0.15) is 0 Å². The predicted octanol–water partition coefficient (Wildman–Crippen LogP) is 6.45. The van der Waals surface area contributed by atoms with Crippen LogP contribution in [-0.2, 0) is 0 Å². The molecule has 0 aliphatic rings. The highest BCUT2D eigenvalue weighted by Gasteiger charge is 2.14. The van der Waals surface area contributed by atoms with Crippen molar-refractivity contribution in [1.82, 2.24) is 24.9 Å². The first-order valence-electron chi connectivity index (χ1n) is 11.0. The molecule has 33 heavy (non-hydrogen) atoms. The van der Waals surface area contributed by atoms with Crippen molar-refractivity contribution in [2.75, 3.05) is 0 Å². The summed E-state index contributed by atoms with van der Waals surface area (Å²) in [5, 5.41) is 0. The molecule has 3 heterocycles. The fourth-order valence-electron chi connectivity index (χ4n) is 3.61. The monoisotopic (exact) mass is 429 g/mol. The zero-order valence-corrected chi connectivity index (χ0v) is 18.6. The average molecular weight is 430 g/mol. The molecule has 0 fully saturated rings. The number of aromatic nitrogens is 5. The first-order chi connectivity index (χ1) is 16.2. The molecular formula is C28H23N5. The fourth-order valence-corrected chi connectivity index (χ4v) is 3.61. The average Bonchev–Trinajstić information content (AvgIpc) is 2.89. The number of rotatable bonds is 5. The minimum Gasteiger partial charge on any atom is -0.256 e. The summed E-state index contributed by atoms with van der Waals surface area (Å²) in [6.45, 7) is 4.19. The Hall–Kier alpha value is -4.25. The third kappa shape index (κ3) is 4.53. The van der Waals surface area contributed by atoms with Crippen LogP contribution in [0.15, 0.2) is 97.3 Å². The molecule has 5 aromatic rings. The van der Waals surface area contributed by atoms with Gasteiger partial charge in [-0.05, 0) is 36.4 Å². The highest BCUT2D eigenvalue weighted by Crippen LogP contribution is 2.28. The molecule has 160 valence electrons. The SMILES string of the molecule is CC(C)c1nc(-c2cccc(-c3ccccn3)c2)nc(-c2cccc(-c3ccccn3)c2)n1. The van der Waals surface area contributed by atoms with Gasteiger partial charge >= 0.3 is 0 Å². The highest BCUT2D eigenvalue weighted by atomic mass is 15.0. The van der Waals surface area contributed by atoms with Crippen LogP contribution in [0.4, 0.5) is 0 Å². The third-order valence-electron chi connectivity index (χ3n) is 5.33. The van der Waals surface area contributed by atoms with E-state index in [1.807, 2.05) is 72.8 Å². The van der Waals surface area contributed by atoms with Crippen LogP contribution in [-0.4, -0.2) is 24.9 Å². The quantitative estimate of drug-likeness (QED) is 0.321. The van der Waals surface area contributed by atoms with Gasteiger partial charge in [-0.25, -0.2) is 15.0 Å². The van der Waals surface area contributed by atoms with Gasteiger partial charge in [-0.15, -0.1) is 0 Å². The van der Waals surface area contributed by atoms with E-state index in [0.29, 0.717) is 11.6 Å². The van der Waals surface area contributed by atoms with Gasteiger partial charge in [0.25, 0.3) is 0 Å². The maximum absolute atomic E-state index is 4.86. The zero-order valence-electron chi connectivity index (χ0n) is 18.6. The molecule has 0 radical (unpaired) electrons. The molecule has 5 rings (SSSR count). The van der Waals surface area contributed by atoms with E-state index in [1.165, 1.54) is 0 Å². The molecule has 3 aromatic heterocycles. The molecule has 5 nitrogen and oxygen atoms in total. The van der Waals surface area contributed by atoms with E-state index in [0.717, 1.165) is 39.5 Å². The van der Waals surface area contributed by atoms with E-state index < -0.39 is 0 Å². The van der Waals surface area contributed by atoms with Crippen molar-refractivity contribution in [2.24, 2.45) is 0 Å². The van der Waals surface area contributed by atoms with E-state index in [1.54, 1.807) is 12.4 Å². The summed E-state index contributed by atoms with van der Waals surface area (Å²) < 4.78 is 0. The van der Waals surface area contributed by atoms with Gasteiger partial charge in [0.2, 0.25) is 0 Å². The van der Waals surface area contributed by atoms with Crippen LogP contribution in [0.5, 0.6) is 0 Å². The number of pyridine rings is 2. The summed E-state index contributed by atoms with van der Waals surface area (Å²) in [6.07, 6.45) is 3.60. The Kier molecular flexibility index (Phi) is 5.68. The van der Waals surface area contributed by atoms with Crippen LogP contribution in [0.2, 0.25) is 0 Å². The van der Waals surface area contributed by atoms with Crippen molar-refractivity contribution in [3.05, 3.63) is 103 Å². The normalized spacial score (nSPS) is 11.0. The standard InChI is InChI=1S/C28H23N5/c1-19(2)26-31-27(22-11-7-9-20(17-22)24-13-3-5-15-29-24)33-28(32-26)23-12-8-10-21(18-23)25-14-4-6-16-30-25/h3-19H,1-2H3. The second-order valence-corrected chi connectivity index (χ2v) is 8.09. The van der Waals surface area contributed by atoms with Crippen molar-refractivity contribution >= 4 is 0 Å². The van der Waals surface area contributed by atoms with Gasteiger partial charge in [-0.1, -0.05) is 62.4 Å². The maximum atomic E-state index is 4.86. The first-order valence-corrected chi connectivity index (χ1v) is 11.0. The Morgan fingerprint density at radius 1 is 0.515 bits per heavy atom. The van der Waals surface area contributed by atoms with Gasteiger partial charge in [0.1, 0.15) is 5.82 Å². The highest BCUT2D eigenvalue weighted by molar-refractivity contribution is 5.71. The van der Waals surface area contributed by atoms with Crippen LogP contribution >= 0.6 is 0 Å². The molecule has 0 spiro atoms. The topological polar surface area (TPSA) is 64.5 Å². The Morgan fingerprint density at radius 2 is 1.00 bits per heavy atom. The van der Waals surface area contributed by atoms with Crippen LogP contribution in [0.3, 0.4) is 0 Å². The van der Waals surface area contributed by atoms with E-state index in [9.17, 15) is 0 Å². The lowest BCUT2D eigenvalue weighted by Crippen LogP contribution is -2.04. The number of benzene rings is 2. The molecule has 0 unspecified atom stereocenters. The zero-order chi connectivity index (χ0) is 22.6. The van der Waals surface area contributed by atoms with E-state index in [2.05, 4.69) is 35.9 Å². The van der Waals surface area contributed by atoms with E-state index in [-0.39, 0.29) is 5.92 Å². The Bertz CT molecular complexity index is 1280. The summed E-state index contributed by atoms with van der Waals surface area (Å²) in [7, 11) is 0. The molecule has 0 amide bonds. The van der Waals surface area contributed by atoms with Crippen LogP contribution in [0.1, 0.15) is 25.6 Å². The van der Waals surface area contributed by atoms with Crippen molar-refractivity contribution < 1.29 is 0 Å². The number of nitrogens with zero attached hydrogens (tertiary/aromatic N) is 5. The Morgan fingerprint density at radius 3 is 1.42 bits per heavy atom. The van der Waals surface area contributed by atoms with Crippen LogP contribution in [0, 0.1) is 0 Å². The van der Waals surface area contributed by atoms with Crippen molar-refractivity contribution in [3.63, 3.8) is 0 Å². The third-order valence-corrected chi connectivity index (χ3v) is 5.33. The minimum absolute atomic E-state index is 0.170. The number of hydrogen-bond donors (Lipinski definition) is 0. The summed E-state index contributed by atoms with van der Waals surface area (Å²) >= 11 is 0. The van der Waals surface area contributed by atoms with Gasteiger partial charge in [-0.3, -0.25) is 9.97 Å².